The van der Waals surface area contributed by atoms with Crippen LogP contribution >= 0.6 is 0 Å². The van der Waals surface area contributed by atoms with Gasteiger partial charge in [0.05, 0.1) is 32.4 Å². The molecule has 1 aliphatic heterocycles. The lowest BCUT2D eigenvalue weighted by Crippen LogP contribution is -2.46. The molecule has 0 bridgehead atoms. The van der Waals surface area contributed by atoms with Crippen molar-refractivity contribution in [2.75, 3.05) is 27.9 Å². The number of hydrogen-bond donors (Lipinski definition) is 1. The highest BCUT2D eigenvalue weighted by molar-refractivity contribution is 5.95. The SMILES string of the molecule is CCOC(=O)C1=C(C)N(C)C(=O)N[C@H]1c1cc(OC)ccc1OC. The summed E-state index contributed by atoms with van der Waals surface area (Å²) in [5.74, 6) is 0.664. The van der Waals surface area contributed by atoms with Gasteiger partial charge in [-0.3, -0.25) is 0 Å². The lowest BCUT2D eigenvalue weighted by molar-refractivity contribution is -0.139. The molecule has 24 heavy (non-hydrogen) atoms. The summed E-state index contributed by atoms with van der Waals surface area (Å²) >= 11 is 0. The molecule has 0 saturated carbocycles. The predicted octanol–water partition coefficient (Wildman–Crippen LogP) is 2.24. The number of carbonyl (C=O) groups is 2. The van der Waals surface area contributed by atoms with Gasteiger partial charge in [-0.2, -0.15) is 0 Å². The van der Waals surface area contributed by atoms with Crippen LogP contribution < -0.4 is 14.8 Å². The van der Waals surface area contributed by atoms with Gasteiger partial charge in [0, 0.05) is 18.3 Å². The molecular weight excluding hydrogens is 312 g/mol. The van der Waals surface area contributed by atoms with Gasteiger partial charge in [-0.25, -0.2) is 9.59 Å². The summed E-state index contributed by atoms with van der Waals surface area (Å²) in [4.78, 5) is 26.1. The van der Waals surface area contributed by atoms with Crippen molar-refractivity contribution in [2.45, 2.75) is 19.9 Å². The normalized spacial score (nSPS) is 17.5. The van der Waals surface area contributed by atoms with Gasteiger partial charge in [-0.1, -0.05) is 0 Å². The van der Waals surface area contributed by atoms with Crippen molar-refractivity contribution < 1.29 is 23.8 Å². The average molecular weight is 334 g/mol. The number of nitrogens with one attached hydrogen (secondary N) is 1. The Bertz CT molecular complexity index is 684. The minimum absolute atomic E-state index is 0.245. The van der Waals surface area contributed by atoms with Crippen LogP contribution in [0, 0.1) is 0 Å². The monoisotopic (exact) mass is 334 g/mol. The zero-order valence-corrected chi connectivity index (χ0v) is 14.5. The molecule has 0 spiro atoms. The summed E-state index contributed by atoms with van der Waals surface area (Å²) < 4.78 is 15.8. The van der Waals surface area contributed by atoms with Crippen molar-refractivity contribution in [2.24, 2.45) is 0 Å². The van der Waals surface area contributed by atoms with Crippen molar-refractivity contribution in [1.29, 1.82) is 0 Å². The minimum atomic E-state index is -0.683. The Morgan fingerprint density at radius 3 is 2.58 bits per heavy atom. The lowest BCUT2D eigenvalue weighted by atomic mass is 9.94. The third-order valence-electron chi connectivity index (χ3n) is 4.00. The van der Waals surface area contributed by atoms with E-state index >= 15 is 0 Å². The third kappa shape index (κ3) is 3.15. The molecule has 1 aliphatic rings. The maximum Gasteiger partial charge on any atom is 0.338 e. The smallest absolute Gasteiger partial charge is 0.338 e. The van der Waals surface area contributed by atoms with E-state index in [0.29, 0.717) is 28.3 Å². The highest BCUT2D eigenvalue weighted by Crippen LogP contribution is 2.37. The standard InChI is InChI=1S/C17H22N2O5/c1-6-24-16(20)14-10(2)19(3)17(21)18-15(14)12-9-11(22-4)7-8-13(12)23-5/h7-9,15H,6H2,1-5H3,(H,18,21)/t15-/m0/s1. The van der Waals surface area contributed by atoms with E-state index in [-0.39, 0.29) is 12.6 Å². The molecule has 1 N–H and O–H groups in total. The average Bonchev–Trinajstić information content (AvgIpc) is 2.58. The van der Waals surface area contributed by atoms with E-state index in [2.05, 4.69) is 5.32 Å². The van der Waals surface area contributed by atoms with Crippen LogP contribution in [-0.2, 0) is 9.53 Å². The van der Waals surface area contributed by atoms with E-state index < -0.39 is 12.0 Å². The van der Waals surface area contributed by atoms with E-state index in [1.807, 2.05) is 0 Å². The van der Waals surface area contributed by atoms with Crippen LogP contribution in [0.5, 0.6) is 11.5 Å². The van der Waals surface area contributed by atoms with Crippen molar-refractivity contribution in [3.8, 4) is 11.5 Å². The largest absolute Gasteiger partial charge is 0.497 e. The first-order chi connectivity index (χ1) is 11.4. The molecule has 0 radical (unpaired) electrons. The summed E-state index contributed by atoms with van der Waals surface area (Å²) in [5, 5.41) is 2.82. The molecule has 1 aromatic rings. The molecule has 1 heterocycles. The number of urea groups is 1. The summed E-state index contributed by atoms with van der Waals surface area (Å²) in [6.07, 6.45) is 0. The van der Waals surface area contributed by atoms with Gasteiger partial charge in [0.1, 0.15) is 11.5 Å². The second-order valence-corrected chi connectivity index (χ2v) is 5.27. The molecule has 2 amide bonds. The Hall–Kier alpha value is -2.70. The number of hydrogen-bond acceptors (Lipinski definition) is 5. The number of allylic oxidation sites excluding steroid dienone is 1. The molecule has 7 heteroatoms. The number of benzene rings is 1. The van der Waals surface area contributed by atoms with Gasteiger partial charge in [-0.15, -0.1) is 0 Å². The second kappa shape index (κ2) is 7.25. The van der Waals surface area contributed by atoms with Gasteiger partial charge in [0.25, 0.3) is 0 Å². The summed E-state index contributed by atoms with van der Waals surface area (Å²) in [7, 11) is 4.68. The van der Waals surface area contributed by atoms with Crippen LogP contribution in [0.4, 0.5) is 4.79 Å². The maximum absolute atomic E-state index is 12.5. The van der Waals surface area contributed by atoms with Crippen molar-refractivity contribution in [3.05, 3.63) is 35.0 Å². The second-order valence-electron chi connectivity index (χ2n) is 5.27. The van der Waals surface area contributed by atoms with E-state index in [9.17, 15) is 9.59 Å². The first-order valence-electron chi connectivity index (χ1n) is 7.58. The number of carbonyl (C=O) groups excluding carboxylic acids is 2. The fourth-order valence-electron chi connectivity index (χ4n) is 2.61. The fraction of sp³-hybridized carbons (Fsp3) is 0.412. The van der Waals surface area contributed by atoms with E-state index in [1.54, 1.807) is 46.2 Å². The number of methoxy groups -OCH3 is 2. The highest BCUT2D eigenvalue weighted by atomic mass is 16.5. The van der Waals surface area contributed by atoms with Gasteiger partial charge in [-0.05, 0) is 32.0 Å². The van der Waals surface area contributed by atoms with E-state index in [0.717, 1.165) is 0 Å². The zero-order valence-electron chi connectivity index (χ0n) is 14.5. The number of amides is 2. The Morgan fingerprint density at radius 1 is 1.29 bits per heavy atom. The summed E-state index contributed by atoms with van der Waals surface area (Å²) in [6.45, 7) is 3.69. The van der Waals surface area contributed by atoms with Crippen LogP contribution in [0.2, 0.25) is 0 Å². The quantitative estimate of drug-likeness (QED) is 0.836. The number of esters is 1. The number of ether oxygens (including phenoxy) is 3. The molecule has 7 nitrogen and oxygen atoms in total. The molecule has 1 atom stereocenters. The molecule has 0 saturated heterocycles. The molecule has 2 rings (SSSR count). The van der Waals surface area contributed by atoms with E-state index in [1.165, 1.54) is 12.0 Å². The molecular formula is C17H22N2O5. The first kappa shape index (κ1) is 17.7. The van der Waals surface area contributed by atoms with Crippen LogP contribution in [0.25, 0.3) is 0 Å². The molecule has 1 aromatic carbocycles. The Balaban J connectivity index is 2.61. The predicted molar refractivity (Wildman–Crippen MR) is 87.9 cm³/mol. The number of nitrogens with zero attached hydrogens (tertiary/aromatic N) is 1. The van der Waals surface area contributed by atoms with Crippen molar-refractivity contribution in [3.63, 3.8) is 0 Å². The Labute approximate surface area is 141 Å². The molecule has 0 unspecified atom stereocenters. The topological polar surface area (TPSA) is 77.1 Å². The summed E-state index contributed by atoms with van der Waals surface area (Å²) in [5.41, 5.74) is 1.53. The maximum atomic E-state index is 12.5. The third-order valence-corrected chi connectivity index (χ3v) is 4.00. The van der Waals surface area contributed by atoms with E-state index in [4.69, 9.17) is 14.2 Å². The minimum Gasteiger partial charge on any atom is -0.497 e. The Kier molecular flexibility index (Phi) is 5.33. The first-order valence-corrected chi connectivity index (χ1v) is 7.58. The highest BCUT2D eigenvalue weighted by Gasteiger charge is 2.36. The van der Waals surface area contributed by atoms with Crippen LogP contribution in [0.1, 0.15) is 25.5 Å². The number of rotatable bonds is 5. The fourth-order valence-corrected chi connectivity index (χ4v) is 2.61. The lowest BCUT2D eigenvalue weighted by Gasteiger charge is -2.33. The summed E-state index contributed by atoms with van der Waals surface area (Å²) in [6, 6.07) is 4.23. The van der Waals surface area contributed by atoms with Crippen LogP contribution in [0.3, 0.4) is 0 Å². The van der Waals surface area contributed by atoms with Crippen molar-refractivity contribution in [1.82, 2.24) is 10.2 Å². The van der Waals surface area contributed by atoms with Crippen LogP contribution in [0.15, 0.2) is 29.5 Å². The molecule has 0 aliphatic carbocycles. The zero-order chi connectivity index (χ0) is 17.9. The van der Waals surface area contributed by atoms with Crippen LogP contribution in [-0.4, -0.2) is 44.8 Å². The molecule has 130 valence electrons. The molecule has 0 fully saturated rings. The van der Waals surface area contributed by atoms with Gasteiger partial charge in [0.2, 0.25) is 0 Å². The molecule has 0 aromatic heterocycles. The van der Waals surface area contributed by atoms with Gasteiger partial charge in [0.15, 0.2) is 0 Å². The Morgan fingerprint density at radius 2 is 2.00 bits per heavy atom. The van der Waals surface area contributed by atoms with Gasteiger partial charge >= 0.3 is 12.0 Å². The van der Waals surface area contributed by atoms with Gasteiger partial charge < -0.3 is 24.4 Å². The van der Waals surface area contributed by atoms with Crippen molar-refractivity contribution >= 4 is 12.0 Å².